The van der Waals surface area contributed by atoms with Crippen molar-refractivity contribution in [1.29, 1.82) is 0 Å². The summed E-state index contributed by atoms with van der Waals surface area (Å²) in [5.74, 6) is 2.05. The second-order valence-corrected chi connectivity index (χ2v) is 7.91. The Labute approximate surface area is 182 Å². The predicted octanol–water partition coefficient (Wildman–Crippen LogP) is 3.55. The Morgan fingerprint density at radius 2 is 2.13 bits per heavy atom. The maximum Gasteiger partial charge on any atom is 0.190 e. The lowest BCUT2D eigenvalue weighted by molar-refractivity contribution is 0.414. The summed E-state index contributed by atoms with van der Waals surface area (Å²) >= 11 is 0. The average molecular weight is 424 g/mol. The van der Waals surface area contributed by atoms with Crippen molar-refractivity contribution < 1.29 is 9.13 Å². The third-order valence-corrected chi connectivity index (χ3v) is 5.91. The molecule has 31 heavy (non-hydrogen) atoms. The highest BCUT2D eigenvalue weighted by atomic mass is 19.1. The topological polar surface area (TPSA) is 64.7 Å². The number of anilines is 1. The largest absolute Gasteiger partial charge is 0.495 e. The number of fused-ring (bicyclic) bond motifs is 1. The molecule has 2 heterocycles. The summed E-state index contributed by atoms with van der Waals surface area (Å²) in [5, 5.41) is 7.76. The number of nitrogens with zero attached hydrogens (tertiary/aromatic N) is 2. The Morgan fingerprint density at radius 1 is 1.26 bits per heavy atom. The summed E-state index contributed by atoms with van der Waals surface area (Å²) in [6.07, 6.45) is 3.87. The number of benzene rings is 2. The smallest absolute Gasteiger partial charge is 0.190 e. The molecule has 1 unspecified atom stereocenters. The first-order valence-corrected chi connectivity index (χ1v) is 10.8. The predicted molar refractivity (Wildman–Crippen MR) is 125 cm³/mol. The van der Waals surface area contributed by atoms with E-state index in [0.717, 1.165) is 72.9 Å². The molecule has 2 aromatic carbocycles. The number of aromatic amines is 1. The number of ether oxygens (including phenoxy) is 1. The molecule has 4 rings (SSSR count). The van der Waals surface area contributed by atoms with Crippen molar-refractivity contribution in [1.82, 2.24) is 15.6 Å². The van der Waals surface area contributed by atoms with Crippen molar-refractivity contribution >= 4 is 22.5 Å². The van der Waals surface area contributed by atoms with Crippen LogP contribution in [0.4, 0.5) is 10.1 Å². The second-order valence-electron chi connectivity index (χ2n) is 7.91. The van der Waals surface area contributed by atoms with E-state index >= 15 is 0 Å². The number of rotatable bonds is 7. The molecule has 0 radical (unpaired) electrons. The summed E-state index contributed by atoms with van der Waals surface area (Å²) < 4.78 is 19.1. The van der Waals surface area contributed by atoms with Gasteiger partial charge in [-0.15, -0.1) is 0 Å². The number of hydrogen-bond acceptors (Lipinski definition) is 3. The Kier molecular flexibility index (Phi) is 6.60. The molecule has 164 valence electrons. The van der Waals surface area contributed by atoms with Crippen molar-refractivity contribution in [2.24, 2.45) is 10.9 Å². The zero-order chi connectivity index (χ0) is 21.6. The number of halogens is 1. The van der Waals surface area contributed by atoms with Crippen LogP contribution in [-0.2, 0) is 6.42 Å². The van der Waals surface area contributed by atoms with Crippen molar-refractivity contribution in [3.8, 4) is 5.75 Å². The molecule has 1 aliphatic heterocycles. The van der Waals surface area contributed by atoms with Crippen LogP contribution in [0.5, 0.6) is 5.75 Å². The van der Waals surface area contributed by atoms with Crippen LogP contribution in [-0.4, -0.2) is 51.3 Å². The average Bonchev–Trinajstić information content (AvgIpc) is 3.43. The van der Waals surface area contributed by atoms with Crippen molar-refractivity contribution in [2.45, 2.75) is 12.8 Å². The summed E-state index contributed by atoms with van der Waals surface area (Å²) in [4.78, 5) is 9.93. The van der Waals surface area contributed by atoms with Crippen LogP contribution in [0, 0.1) is 11.7 Å². The van der Waals surface area contributed by atoms with Crippen LogP contribution in [0.15, 0.2) is 53.7 Å². The number of hydrogen-bond donors (Lipinski definition) is 3. The monoisotopic (exact) mass is 423 g/mol. The summed E-state index contributed by atoms with van der Waals surface area (Å²) in [5.41, 5.74) is 3.21. The lowest BCUT2D eigenvalue weighted by Gasteiger charge is -2.21. The van der Waals surface area contributed by atoms with Gasteiger partial charge in [0.2, 0.25) is 0 Å². The number of aromatic nitrogens is 1. The molecule has 7 heteroatoms. The van der Waals surface area contributed by atoms with Crippen LogP contribution in [0.1, 0.15) is 12.0 Å². The number of nitrogens with one attached hydrogen (secondary N) is 3. The lowest BCUT2D eigenvalue weighted by atomic mass is 10.1. The Hall–Kier alpha value is -3.22. The number of para-hydroxylation sites is 2. The van der Waals surface area contributed by atoms with E-state index in [-0.39, 0.29) is 5.82 Å². The minimum atomic E-state index is -0.211. The highest BCUT2D eigenvalue weighted by molar-refractivity contribution is 5.83. The minimum Gasteiger partial charge on any atom is -0.495 e. The fraction of sp³-hybridized carbons (Fsp3) is 0.375. The molecule has 0 amide bonds. The molecule has 1 fully saturated rings. The molecule has 3 N–H and O–H groups in total. The normalized spacial score (nSPS) is 16.7. The maximum atomic E-state index is 13.6. The molecule has 1 aliphatic rings. The van der Waals surface area contributed by atoms with E-state index in [1.807, 2.05) is 18.3 Å². The van der Waals surface area contributed by atoms with E-state index in [4.69, 9.17) is 4.74 Å². The van der Waals surface area contributed by atoms with Crippen molar-refractivity contribution in [3.05, 3.63) is 60.0 Å². The molecular weight excluding hydrogens is 393 g/mol. The molecule has 3 aromatic rings. The van der Waals surface area contributed by atoms with E-state index in [2.05, 4.69) is 37.6 Å². The fourth-order valence-electron chi connectivity index (χ4n) is 4.24. The molecule has 0 aliphatic carbocycles. The van der Waals surface area contributed by atoms with Crippen LogP contribution < -0.4 is 20.3 Å². The van der Waals surface area contributed by atoms with Crippen LogP contribution in [0.2, 0.25) is 0 Å². The van der Waals surface area contributed by atoms with Gasteiger partial charge >= 0.3 is 0 Å². The zero-order valence-corrected chi connectivity index (χ0v) is 18.1. The maximum absolute atomic E-state index is 13.6. The summed E-state index contributed by atoms with van der Waals surface area (Å²) in [6, 6.07) is 13.0. The van der Waals surface area contributed by atoms with Gasteiger partial charge in [-0.05, 0) is 54.7 Å². The first kappa shape index (κ1) is 21.0. The van der Waals surface area contributed by atoms with Crippen LogP contribution in [0.25, 0.3) is 10.9 Å². The minimum absolute atomic E-state index is 0.211. The van der Waals surface area contributed by atoms with Gasteiger partial charge in [-0.25, -0.2) is 4.39 Å². The third-order valence-electron chi connectivity index (χ3n) is 5.91. The number of H-pyrrole nitrogens is 1. The highest BCUT2D eigenvalue weighted by Crippen LogP contribution is 2.31. The van der Waals surface area contributed by atoms with Gasteiger partial charge in [-0.1, -0.05) is 12.1 Å². The Balaban J connectivity index is 1.25. The molecule has 0 saturated carbocycles. The van der Waals surface area contributed by atoms with Gasteiger partial charge in [-0.2, -0.15) is 0 Å². The van der Waals surface area contributed by atoms with E-state index in [1.54, 1.807) is 26.3 Å². The van der Waals surface area contributed by atoms with Gasteiger partial charge in [-0.3, -0.25) is 4.99 Å². The third kappa shape index (κ3) is 4.93. The molecule has 1 aromatic heterocycles. The SMILES string of the molecule is CN=C(NCCc1c[nH]c2ccc(F)cc12)NCC1CCN(c2ccccc2OC)C1. The lowest BCUT2D eigenvalue weighted by Crippen LogP contribution is -2.41. The summed E-state index contributed by atoms with van der Waals surface area (Å²) in [7, 11) is 3.50. The molecule has 6 nitrogen and oxygen atoms in total. The summed E-state index contributed by atoms with van der Waals surface area (Å²) in [6.45, 7) is 3.60. The molecule has 1 saturated heterocycles. The highest BCUT2D eigenvalue weighted by Gasteiger charge is 2.24. The first-order valence-electron chi connectivity index (χ1n) is 10.8. The van der Waals surface area contributed by atoms with E-state index in [0.29, 0.717) is 5.92 Å². The fourth-order valence-corrected chi connectivity index (χ4v) is 4.24. The molecule has 0 spiro atoms. The van der Waals surface area contributed by atoms with Gasteiger partial charge in [0.05, 0.1) is 12.8 Å². The van der Waals surface area contributed by atoms with Crippen LogP contribution >= 0.6 is 0 Å². The first-order chi connectivity index (χ1) is 15.2. The van der Waals surface area contributed by atoms with Gasteiger partial charge in [0.1, 0.15) is 11.6 Å². The van der Waals surface area contributed by atoms with Crippen molar-refractivity contribution in [2.75, 3.05) is 45.2 Å². The molecule has 0 bridgehead atoms. The van der Waals surface area contributed by atoms with Gasteiger partial charge < -0.3 is 25.3 Å². The standard InChI is InChI=1S/C24H30FN5O/c1-26-24(27-11-9-18-15-28-21-8-7-19(25)13-20(18)21)29-14-17-10-12-30(16-17)22-5-3-4-6-23(22)31-2/h3-8,13,15,17,28H,9-12,14,16H2,1-2H3,(H2,26,27,29). The number of methoxy groups -OCH3 is 1. The van der Waals surface area contributed by atoms with Gasteiger partial charge in [0.15, 0.2) is 5.96 Å². The van der Waals surface area contributed by atoms with Gasteiger partial charge in [0, 0.05) is 50.3 Å². The van der Waals surface area contributed by atoms with Crippen molar-refractivity contribution in [3.63, 3.8) is 0 Å². The van der Waals surface area contributed by atoms with E-state index < -0.39 is 0 Å². The Morgan fingerprint density at radius 3 is 2.97 bits per heavy atom. The zero-order valence-electron chi connectivity index (χ0n) is 18.1. The quantitative estimate of drug-likeness (QED) is 0.402. The molecular formula is C24H30FN5O. The van der Waals surface area contributed by atoms with E-state index in [1.165, 1.54) is 6.07 Å². The second kappa shape index (κ2) is 9.73. The van der Waals surface area contributed by atoms with E-state index in [9.17, 15) is 4.39 Å². The Bertz CT molecular complexity index is 1050. The number of aliphatic imine (C=N–C) groups is 1. The number of guanidine groups is 1. The van der Waals surface area contributed by atoms with Crippen LogP contribution in [0.3, 0.4) is 0 Å². The van der Waals surface area contributed by atoms with Gasteiger partial charge in [0.25, 0.3) is 0 Å². The molecule has 1 atom stereocenters.